The molecule has 0 N–H and O–H groups in total. The Morgan fingerprint density at radius 1 is 1.24 bits per heavy atom. The van der Waals surface area contributed by atoms with E-state index in [1.807, 2.05) is 18.2 Å². The first-order chi connectivity index (χ1) is 8.23. The van der Waals surface area contributed by atoms with Gasteiger partial charge in [0.1, 0.15) is 6.10 Å². The van der Waals surface area contributed by atoms with Gasteiger partial charge in [0.25, 0.3) is 0 Å². The van der Waals surface area contributed by atoms with Crippen molar-refractivity contribution in [3.05, 3.63) is 35.9 Å². The molecule has 0 unspecified atom stereocenters. The van der Waals surface area contributed by atoms with Gasteiger partial charge in [0, 0.05) is 6.42 Å². The van der Waals surface area contributed by atoms with Gasteiger partial charge in [-0.05, 0) is 18.9 Å². The van der Waals surface area contributed by atoms with Crippen molar-refractivity contribution in [2.75, 3.05) is 6.61 Å². The van der Waals surface area contributed by atoms with Gasteiger partial charge in [0.05, 0.1) is 6.61 Å². The van der Waals surface area contributed by atoms with Crippen LogP contribution >= 0.6 is 0 Å². The Bertz CT molecular complexity index is 336. The predicted molar refractivity (Wildman–Crippen MR) is 68.8 cm³/mol. The highest BCUT2D eigenvalue weighted by atomic mass is 16.7. The van der Waals surface area contributed by atoms with Gasteiger partial charge in [0.15, 0.2) is 5.79 Å². The van der Waals surface area contributed by atoms with E-state index >= 15 is 0 Å². The van der Waals surface area contributed by atoms with Crippen LogP contribution in [0.1, 0.15) is 51.2 Å². The zero-order chi connectivity index (χ0) is 12.1. The van der Waals surface area contributed by atoms with Crippen LogP contribution in [0.4, 0.5) is 0 Å². The molecule has 1 saturated heterocycles. The average molecular weight is 234 g/mol. The lowest BCUT2D eigenvalue weighted by Crippen LogP contribution is -2.25. The molecule has 2 nitrogen and oxygen atoms in total. The molecule has 1 aromatic carbocycles. The first kappa shape index (κ1) is 12.6. The second kappa shape index (κ2) is 5.65. The average Bonchev–Trinajstić information content (AvgIpc) is 2.74. The summed E-state index contributed by atoms with van der Waals surface area (Å²) in [5, 5.41) is 0. The van der Waals surface area contributed by atoms with E-state index in [-0.39, 0.29) is 11.9 Å². The number of benzene rings is 1. The van der Waals surface area contributed by atoms with Crippen molar-refractivity contribution < 1.29 is 9.47 Å². The first-order valence-corrected chi connectivity index (χ1v) is 6.60. The van der Waals surface area contributed by atoms with Gasteiger partial charge in [-0.2, -0.15) is 0 Å². The topological polar surface area (TPSA) is 18.5 Å². The summed E-state index contributed by atoms with van der Waals surface area (Å²) < 4.78 is 11.9. The number of hydrogen-bond acceptors (Lipinski definition) is 2. The molecule has 2 heteroatoms. The van der Waals surface area contributed by atoms with E-state index in [0.29, 0.717) is 6.61 Å². The lowest BCUT2D eigenvalue weighted by Gasteiger charge is -2.23. The smallest absolute Gasteiger partial charge is 0.166 e. The molecule has 0 aromatic heterocycles. The summed E-state index contributed by atoms with van der Waals surface area (Å²) >= 11 is 0. The molecule has 1 fully saturated rings. The van der Waals surface area contributed by atoms with Crippen molar-refractivity contribution in [3.63, 3.8) is 0 Å². The minimum atomic E-state index is -0.379. The number of rotatable bonds is 5. The van der Waals surface area contributed by atoms with E-state index < -0.39 is 0 Å². The molecule has 2 rings (SSSR count). The van der Waals surface area contributed by atoms with Crippen molar-refractivity contribution >= 4 is 0 Å². The van der Waals surface area contributed by atoms with Gasteiger partial charge in [0.2, 0.25) is 0 Å². The fraction of sp³-hybridized carbons (Fsp3) is 0.600. The third-order valence-electron chi connectivity index (χ3n) is 3.34. The van der Waals surface area contributed by atoms with Crippen LogP contribution in [-0.4, -0.2) is 12.4 Å². The number of hydrogen-bond donors (Lipinski definition) is 0. The van der Waals surface area contributed by atoms with E-state index in [1.54, 1.807) is 0 Å². The molecule has 0 aliphatic carbocycles. The van der Waals surface area contributed by atoms with Crippen molar-refractivity contribution in [1.82, 2.24) is 0 Å². The zero-order valence-electron chi connectivity index (χ0n) is 10.8. The third-order valence-corrected chi connectivity index (χ3v) is 3.34. The second-order valence-electron chi connectivity index (χ2n) is 4.92. The van der Waals surface area contributed by atoms with E-state index in [9.17, 15) is 0 Å². The van der Waals surface area contributed by atoms with E-state index in [2.05, 4.69) is 26.0 Å². The number of unbranched alkanes of at least 4 members (excludes halogenated alkanes) is 2. The van der Waals surface area contributed by atoms with Crippen LogP contribution in [0.3, 0.4) is 0 Å². The monoisotopic (exact) mass is 234 g/mol. The summed E-state index contributed by atoms with van der Waals surface area (Å²) in [5.74, 6) is -0.379. The predicted octanol–water partition coefficient (Wildman–Crippen LogP) is 4.07. The molecular weight excluding hydrogens is 212 g/mol. The maximum absolute atomic E-state index is 6.06. The zero-order valence-corrected chi connectivity index (χ0v) is 10.8. The second-order valence-corrected chi connectivity index (χ2v) is 4.92. The molecule has 17 heavy (non-hydrogen) atoms. The van der Waals surface area contributed by atoms with E-state index in [4.69, 9.17) is 9.47 Å². The lowest BCUT2D eigenvalue weighted by molar-refractivity contribution is -0.159. The molecule has 0 saturated carbocycles. The van der Waals surface area contributed by atoms with Gasteiger partial charge in [-0.1, -0.05) is 50.1 Å². The highest BCUT2D eigenvalue weighted by Gasteiger charge is 2.37. The molecule has 0 spiro atoms. The van der Waals surface area contributed by atoms with Gasteiger partial charge in [-0.3, -0.25) is 0 Å². The summed E-state index contributed by atoms with van der Waals surface area (Å²) in [5.41, 5.74) is 1.21. The summed E-state index contributed by atoms with van der Waals surface area (Å²) in [6.07, 6.45) is 4.75. The SMILES string of the molecule is CCCCC[C@]1(C)OC[C@@H](c2ccccc2)O1. The Balaban J connectivity index is 1.90. The quantitative estimate of drug-likeness (QED) is 0.715. The van der Waals surface area contributed by atoms with Crippen molar-refractivity contribution in [2.45, 2.75) is 51.4 Å². The van der Waals surface area contributed by atoms with Crippen LogP contribution in [-0.2, 0) is 9.47 Å². The first-order valence-electron chi connectivity index (χ1n) is 6.60. The summed E-state index contributed by atoms with van der Waals surface area (Å²) in [4.78, 5) is 0. The van der Waals surface area contributed by atoms with Crippen molar-refractivity contribution in [3.8, 4) is 0 Å². The summed E-state index contributed by atoms with van der Waals surface area (Å²) in [6, 6.07) is 10.3. The van der Waals surface area contributed by atoms with Crippen LogP contribution in [0.15, 0.2) is 30.3 Å². The normalized spacial score (nSPS) is 28.5. The van der Waals surface area contributed by atoms with Crippen molar-refractivity contribution in [2.24, 2.45) is 0 Å². The fourth-order valence-corrected chi connectivity index (χ4v) is 2.28. The summed E-state index contributed by atoms with van der Waals surface area (Å²) in [6.45, 7) is 4.95. The minimum Gasteiger partial charge on any atom is -0.347 e. The fourth-order valence-electron chi connectivity index (χ4n) is 2.28. The molecule has 0 bridgehead atoms. The molecule has 1 heterocycles. The van der Waals surface area contributed by atoms with Crippen LogP contribution in [0, 0.1) is 0 Å². The van der Waals surface area contributed by atoms with Crippen LogP contribution in [0.5, 0.6) is 0 Å². The Labute approximate surface area is 104 Å². The molecule has 1 aliphatic heterocycles. The molecule has 2 atom stereocenters. The Kier molecular flexibility index (Phi) is 4.19. The van der Waals surface area contributed by atoms with Gasteiger partial charge in [-0.15, -0.1) is 0 Å². The maximum atomic E-state index is 6.06. The minimum absolute atomic E-state index is 0.0998. The molecule has 0 amide bonds. The number of ether oxygens (including phenoxy) is 2. The van der Waals surface area contributed by atoms with E-state index in [0.717, 1.165) is 6.42 Å². The van der Waals surface area contributed by atoms with Gasteiger partial charge < -0.3 is 9.47 Å². The van der Waals surface area contributed by atoms with Crippen LogP contribution < -0.4 is 0 Å². The Hall–Kier alpha value is -0.860. The van der Waals surface area contributed by atoms with E-state index in [1.165, 1.54) is 24.8 Å². The molecular formula is C15H22O2. The third kappa shape index (κ3) is 3.30. The largest absolute Gasteiger partial charge is 0.347 e. The van der Waals surface area contributed by atoms with Gasteiger partial charge >= 0.3 is 0 Å². The van der Waals surface area contributed by atoms with Gasteiger partial charge in [-0.25, -0.2) is 0 Å². The maximum Gasteiger partial charge on any atom is 0.166 e. The molecule has 1 aromatic rings. The molecule has 0 radical (unpaired) electrons. The molecule has 94 valence electrons. The van der Waals surface area contributed by atoms with Crippen LogP contribution in [0.2, 0.25) is 0 Å². The lowest BCUT2D eigenvalue weighted by atomic mass is 10.1. The Morgan fingerprint density at radius 2 is 2.00 bits per heavy atom. The highest BCUT2D eigenvalue weighted by Crippen LogP contribution is 2.36. The summed E-state index contributed by atoms with van der Waals surface area (Å²) in [7, 11) is 0. The highest BCUT2D eigenvalue weighted by molar-refractivity contribution is 5.18. The standard InChI is InChI=1S/C15H22O2/c1-3-4-8-11-15(2)16-12-14(17-15)13-9-6-5-7-10-13/h5-7,9-10,14H,3-4,8,11-12H2,1-2H3/t14-,15+/m0/s1. The Morgan fingerprint density at radius 3 is 2.71 bits per heavy atom. The van der Waals surface area contributed by atoms with Crippen LogP contribution in [0.25, 0.3) is 0 Å². The van der Waals surface area contributed by atoms with Crippen molar-refractivity contribution in [1.29, 1.82) is 0 Å². The molecule has 1 aliphatic rings.